The fourth-order valence-corrected chi connectivity index (χ4v) is 4.67. The number of rotatable bonds is 2. The predicted molar refractivity (Wildman–Crippen MR) is 129 cm³/mol. The minimum atomic E-state index is 0.853. The molecule has 0 N–H and O–H groups in total. The topological polar surface area (TPSA) is 48.5 Å². The first kappa shape index (κ1) is 17.2. The molecule has 5 nitrogen and oxygen atoms in total. The summed E-state index contributed by atoms with van der Waals surface area (Å²) in [5, 5.41) is 3.29. The molecule has 2 aromatic carbocycles. The van der Waals surface area contributed by atoms with E-state index in [2.05, 4.69) is 62.6 Å². The Kier molecular flexibility index (Phi) is 3.49. The average Bonchev–Trinajstić information content (AvgIpc) is 3.36. The maximum atomic E-state index is 5.25. The molecule has 5 heteroatoms. The lowest BCUT2D eigenvalue weighted by atomic mass is 10.1. The highest BCUT2D eigenvalue weighted by atomic mass is 15.1. The molecule has 5 aromatic heterocycles. The van der Waals surface area contributed by atoms with E-state index in [-0.39, 0.29) is 0 Å². The number of hydrogen-bond donors (Lipinski definition) is 0. The minimum absolute atomic E-state index is 0.853. The Morgan fingerprint density at radius 2 is 1.28 bits per heavy atom. The Morgan fingerprint density at radius 1 is 0.531 bits per heavy atom. The molecule has 0 bridgehead atoms. The number of nitrogens with zero attached hydrogens (tertiary/aromatic N) is 5. The second kappa shape index (κ2) is 6.49. The van der Waals surface area contributed by atoms with Crippen molar-refractivity contribution in [3.8, 4) is 11.5 Å². The van der Waals surface area contributed by atoms with E-state index < -0.39 is 0 Å². The molecule has 5 heterocycles. The summed E-state index contributed by atoms with van der Waals surface area (Å²) in [5.41, 5.74) is 5.92. The second-order valence-electron chi connectivity index (χ2n) is 7.81. The van der Waals surface area contributed by atoms with Gasteiger partial charge in [0.05, 0.1) is 16.6 Å². The Balaban J connectivity index is 1.71. The molecule has 0 spiro atoms. The first-order valence-electron chi connectivity index (χ1n) is 10.6. The van der Waals surface area contributed by atoms with Crippen LogP contribution in [0.1, 0.15) is 0 Å². The summed E-state index contributed by atoms with van der Waals surface area (Å²) in [6.07, 6.45) is 3.66. The van der Waals surface area contributed by atoms with E-state index in [0.717, 1.165) is 55.5 Å². The van der Waals surface area contributed by atoms with Crippen molar-refractivity contribution in [3.05, 3.63) is 103 Å². The van der Waals surface area contributed by atoms with Crippen molar-refractivity contribution in [1.29, 1.82) is 0 Å². The summed E-state index contributed by atoms with van der Waals surface area (Å²) in [5.74, 6) is 0.853. The van der Waals surface area contributed by atoms with Crippen molar-refractivity contribution in [2.45, 2.75) is 0 Å². The third-order valence-corrected chi connectivity index (χ3v) is 6.02. The highest BCUT2D eigenvalue weighted by Crippen LogP contribution is 2.36. The van der Waals surface area contributed by atoms with Gasteiger partial charge in [-0.15, -0.1) is 0 Å². The van der Waals surface area contributed by atoms with Crippen LogP contribution in [0.2, 0.25) is 0 Å². The van der Waals surface area contributed by atoms with Gasteiger partial charge in [-0.3, -0.25) is 14.1 Å². The van der Waals surface area contributed by atoms with Gasteiger partial charge in [0.25, 0.3) is 0 Å². The third kappa shape index (κ3) is 2.30. The summed E-state index contributed by atoms with van der Waals surface area (Å²) in [6.45, 7) is 0. The fourth-order valence-electron chi connectivity index (χ4n) is 4.67. The predicted octanol–water partition coefficient (Wildman–Crippen LogP) is 6.07. The molecule has 0 unspecified atom stereocenters. The monoisotopic (exact) mass is 411 g/mol. The second-order valence-corrected chi connectivity index (χ2v) is 7.81. The van der Waals surface area contributed by atoms with E-state index in [1.54, 1.807) is 0 Å². The van der Waals surface area contributed by atoms with Gasteiger partial charge in [0, 0.05) is 34.2 Å². The van der Waals surface area contributed by atoms with Crippen LogP contribution in [0.4, 0.5) is 0 Å². The molecule has 0 fully saturated rings. The van der Waals surface area contributed by atoms with E-state index in [4.69, 9.17) is 9.97 Å². The van der Waals surface area contributed by atoms with Crippen molar-refractivity contribution in [1.82, 2.24) is 24.1 Å². The lowest BCUT2D eigenvalue weighted by Crippen LogP contribution is -2.00. The van der Waals surface area contributed by atoms with Crippen LogP contribution >= 0.6 is 0 Å². The van der Waals surface area contributed by atoms with Crippen molar-refractivity contribution < 1.29 is 0 Å². The molecule has 150 valence electrons. The van der Waals surface area contributed by atoms with Gasteiger partial charge in [0.2, 0.25) is 0 Å². The summed E-state index contributed by atoms with van der Waals surface area (Å²) in [4.78, 5) is 14.6. The molecule has 0 saturated carbocycles. The first-order valence-corrected chi connectivity index (χ1v) is 10.6. The van der Waals surface area contributed by atoms with Crippen molar-refractivity contribution in [3.63, 3.8) is 0 Å². The van der Waals surface area contributed by atoms with Crippen LogP contribution in [-0.4, -0.2) is 24.1 Å². The molecule has 7 rings (SSSR count). The minimum Gasteiger partial charge on any atom is -0.292 e. The number of benzene rings is 2. The molecule has 0 atom stereocenters. The zero-order valence-electron chi connectivity index (χ0n) is 17.1. The number of para-hydroxylation sites is 2. The maximum absolute atomic E-state index is 5.25. The van der Waals surface area contributed by atoms with Gasteiger partial charge < -0.3 is 0 Å². The largest absolute Gasteiger partial charge is 0.292 e. The Bertz CT molecular complexity index is 1630. The molecule has 0 aliphatic rings. The Hall–Kier alpha value is -4.51. The zero-order valence-corrected chi connectivity index (χ0v) is 17.1. The van der Waals surface area contributed by atoms with Crippen LogP contribution in [0.5, 0.6) is 0 Å². The van der Waals surface area contributed by atoms with Gasteiger partial charge in [-0.25, -0.2) is 9.97 Å². The van der Waals surface area contributed by atoms with Crippen LogP contribution in [0.3, 0.4) is 0 Å². The summed E-state index contributed by atoms with van der Waals surface area (Å²) in [6, 6.07) is 31.0. The lowest BCUT2D eigenvalue weighted by Gasteiger charge is -2.08. The standard InChI is InChI=1S/C27H17N5/c1-2-9-18(10-3-1)31-23-13-8-16-29-25(23)21-17-20-19-11-4-5-12-22(19)32(26(20)30-27(21)31)24-14-6-7-15-28-24/h1-17H. The van der Waals surface area contributed by atoms with Gasteiger partial charge in [-0.1, -0.05) is 42.5 Å². The van der Waals surface area contributed by atoms with Crippen LogP contribution in [-0.2, 0) is 0 Å². The maximum Gasteiger partial charge on any atom is 0.149 e. The molecule has 32 heavy (non-hydrogen) atoms. The summed E-state index contributed by atoms with van der Waals surface area (Å²) in [7, 11) is 0. The molecular weight excluding hydrogens is 394 g/mol. The quantitative estimate of drug-likeness (QED) is 0.347. The summed E-state index contributed by atoms with van der Waals surface area (Å²) < 4.78 is 4.34. The van der Waals surface area contributed by atoms with Crippen LogP contribution in [0, 0.1) is 0 Å². The van der Waals surface area contributed by atoms with E-state index in [0.29, 0.717) is 0 Å². The highest BCUT2D eigenvalue weighted by molar-refractivity contribution is 6.15. The van der Waals surface area contributed by atoms with Crippen LogP contribution in [0.25, 0.3) is 55.5 Å². The van der Waals surface area contributed by atoms with Gasteiger partial charge in [-0.05, 0) is 48.5 Å². The number of aromatic nitrogens is 5. The van der Waals surface area contributed by atoms with Crippen LogP contribution in [0.15, 0.2) is 103 Å². The lowest BCUT2D eigenvalue weighted by molar-refractivity contribution is 1.05. The molecular formula is C27H17N5. The first-order chi connectivity index (χ1) is 15.9. The van der Waals surface area contributed by atoms with Crippen LogP contribution < -0.4 is 0 Å². The van der Waals surface area contributed by atoms with Gasteiger partial charge in [-0.2, -0.15) is 0 Å². The van der Waals surface area contributed by atoms with E-state index in [1.807, 2.05) is 54.9 Å². The normalized spacial score (nSPS) is 11.8. The zero-order chi connectivity index (χ0) is 21.1. The van der Waals surface area contributed by atoms with E-state index in [1.165, 1.54) is 0 Å². The number of pyridine rings is 3. The highest BCUT2D eigenvalue weighted by Gasteiger charge is 2.20. The number of hydrogen-bond acceptors (Lipinski definition) is 3. The average molecular weight is 411 g/mol. The van der Waals surface area contributed by atoms with Gasteiger partial charge >= 0.3 is 0 Å². The van der Waals surface area contributed by atoms with E-state index >= 15 is 0 Å². The smallest absolute Gasteiger partial charge is 0.149 e. The van der Waals surface area contributed by atoms with Crippen molar-refractivity contribution in [2.75, 3.05) is 0 Å². The Morgan fingerprint density at radius 3 is 2.16 bits per heavy atom. The number of fused-ring (bicyclic) bond motifs is 6. The van der Waals surface area contributed by atoms with Crippen molar-refractivity contribution in [2.24, 2.45) is 0 Å². The SMILES string of the molecule is c1ccc(-n2c3cccnc3c3cc4c5ccccc5n(-c5ccccn5)c4nc32)cc1. The van der Waals surface area contributed by atoms with Gasteiger partial charge in [0.15, 0.2) is 0 Å². The summed E-state index contributed by atoms with van der Waals surface area (Å²) >= 11 is 0. The molecule has 0 radical (unpaired) electrons. The van der Waals surface area contributed by atoms with Crippen molar-refractivity contribution >= 4 is 44.0 Å². The molecule has 0 aliphatic carbocycles. The third-order valence-electron chi connectivity index (χ3n) is 6.02. The molecule has 0 aliphatic heterocycles. The van der Waals surface area contributed by atoms with E-state index in [9.17, 15) is 0 Å². The Labute approximate surface area is 183 Å². The molecule has 7 aromatic rings. The van der Waals surface area contributed by atoms with Gasteiger partial charge in [0.1, 0.15) is 17.1 Å². The molecule has 0 amide bonds. The fraction of sp³-hybridized carbons (Fsp3) is 0. The molecule has 0 saturated heterocycles.